The van der Waals surface area contributed by atoms with Crippen molar-refractivity contribution in [2.45, 2.75) is 33.4 Å². The van der Waals surface area contributed by atoms with E-state index in [1.165, 1.54) is 4.88 Å². The normalized spacial score (nSPS) is 12.6. The Kier molecular flexibility index (Phi) is 3.86. The Balaban J connectivity index is 1.98. The number of hydrogen-bond donors (Lipinski definition) is 1. The summed E-state index contributed by atoms with van der Waals surface area (Å²) in [6, 6.07) is 6.23. The summed E-state index contributed by atoms with van der Waals surface area (Å²) in [4.78, 5) is 10.1. The number of aryl methyl sites for hydroxylation is 2. The molecule has 17 heavy (non-hydrogen) atoms. The lowest BCUT2D eigenvalue weighted by Gasteiger charge is -2.12. The van der Waals surface area contributed by atoms with Crippen molar-refractivity contribution in [3.8, 4) is 0 Å². The van der Waals surface area contributed by atoms with Gasteiger partial charge >= 0.3 is 0 Å². The maximum Gasteiger partial charge on any atom is 0.0900 e. The topological polar surface area (TPSA) is 37.8 Å². The van der Waals surface area contributed by atoms with Gasteiger partial charge in [0.05, 0.1) is 16.4 Å². The van der Waals surface area contributed by atoms with Crippen molar-refractivity contribution in [3.63, 3.8) is 0 Å². The lowest BCUT2D eigenvalue weighted by atomic mass is 10.2. The highest BCUT2D eigenvalue weighted by molar-refractivity contribution is 7.11. The predicted octanol–water partition coefficient (Wildman–Crippen LogP) is 3.01. The minimum Gasteiger partial charge on any atom is -0.303 e. The minimum absolute atomic E-state index is 0.266. The smallest absolute Gasteiger partial charge is 0.0900 e. The number of hydrogen-bond acceptors (Lipinski definition) is 4. The SMILES string of the molecule is Cc1nc(C(C)NCc2ccccn2)c(C)s1. The van der Waals surface area contributed by atoms with E-state index in [0.717, 1.165) is 22.9 Å². The van der Waals surface area contributed by atoms with E-state index in [1.807, 2.05) is 31.3 Å². The van der Waals surface area contributed by atoms with Crippen LogP contribution in [-0.2, 0) is 6.54 Å². The van der Waals surface area contributed by atoms with E-state index < -0.39 is 0 Å². The first kappa shape index (κ1) is 12.2. The van der Waals surface area contributed by atoms with Gasteiger partial charge in [-0.25, -0.2) is 4.98 Å². The average molecular weight is 247 g/mol. The van der Waals surface area contributed by atoms with Crippen LogP contribution in [0.25, 0.3) is 0 Å². The fourth-order valence-electron chi connectivity index (χ4n) is 1.80. The molecule has 0 aromatic carbocycles. The number of nitrogens with zero attached hydrogens (tertiary/aromatic N) is 2. The largest absolute Gasteiger partial charge is 0.303 e. The summed E-state index contributed by atoms with van der Waals surface area (Å²) in [6.07, 6.45) is 1.82. The molecule has 0 spiro atoms. The van der Waals surface area contributed by atoms with Crippen LogP contribution in [0.4, 0.5) is 0 Å². The lowest BCUT2D eigenvalue weighted by molar-refractivity contribution is 0.555. The van der Waals surface area contributed by atoms with Crippen molar-refractivity contribution in [2.75, 3.05) is 0 Å². The van der Waals surface area contributed by atoms with E-state index >= 15 is 0 Å². The third-order valence-corrected chi connectivity index (χ3v) is 3.57. The van der Waals surface area contributed by atoms with E-state index in [1.54, 1.807) is 11.3 Å². The molecule has 1 atom stereocenters. The summed E-state index contributed by atoms with van der Waals surface area (Å²) in [5.74, 6) is 0. The first-order chi connectivity index (χ1) is 8.16. The first-order valence-electron chi connectivity index (χ1n) is 5.74. The Morgan fingerprint density at radius 1 is 1.35 bits per heavy atom. The molecule has 2 aromatic heterocycles. The van der Waals surface area contributed by atoms with Crippen LogP contribution in [0, 0.1) is 13.8 Å². The van der Waals surface area contributed by atoms with Crippen molar-refractivity contribution < 1.29 is 0 Å². The van der Waals surface area contributed by atoms with Gasteiger partial charge in [-0.15, -0.1) is 11.3 Å². The van der Waals surface area contributed by atoms with Gasteiger partial charge in [0.2, 0.25) is 0 Å². The third kappa shape index (κ3) is 3.11. The van der Waals surface area contributed by atoms with Gasteiger partial charge < -0.3 is 5.32 Å². The maximum atomic E-state index is 4.56. The van der Waals surface area contributed by atoms with Crippen molar-refractivity contribution in [3.05, 3.63) is 45.7 Å². The third-order valence-electron chi connectivity index (χ3n) is 2.67. The van der Waals surface area contributed by atoms with E-state index in [4.69, 9.17) is 0 Å². The van der Waals surface area contributed by atoms with Gasteiger partial charge in [0.1, 0.15) is 0 Å². The van der Waals surface area contributed by atoms with Gasteiger partial charge in [-0.2, -0.15) is 0 Å². The molecule has 1 N–H and O–H groups in total. The monoisotopic (exact) mass is 247 g/mol. The van der Waals surface area contributed by atoms with Crippen LogP contribution in [0.1, 0.15) is 34.2 Å². The van der Waals surface area contributed by atoms with E-state index in [0.29, 0.717) is 0 Å². The summed E-state index contributed by atoms with van der Waals surface area (Å²) in [5, 5.41) is 4.58. The molecule has 2 aromatic rings. The van der Waals surface area contributed by atoms with Gasteiger partial charge in [0.15, 0.2) is 0 Å². The molecule has 0 saturated heterocycles. The van der Waals surface area contributed by atoms with Gasteiger partial charge in [-0.05, 0) is 32.9 Å². The highest BCUT2D eigenvalue weighted by Gasteiger charge is 2.12. The van der Waals surface area contributed by atoms with Crippen LogP contribution >= 0.6 is 11.3 Å². The Morgan fingerprint density at radius 3 is 2.76 bits per heavy atom. The quantitative estimate of drug-likeness (QED) is 0.902. The molecule has 90 valence electrons. The molecule has 0 aliphatic heterocycles. The number of rotatable bonds is 4. The fourth-order valence-corrected chi connectivity index (χ4v) is 2.72. The van der Waals surface area contributed by atoms with Crippen molar-refractivity contribution in [2.24, 2.45) is 0 Å². The maximum absolute atomic E-state index is 4.56. The molecule has 0 amide bonds. The molecule has 0 bridgehead atoms. The minimum atomic E-state index is 0.266. The Labute approximate surface area is 106 Å². The Hall–Kier alpha value is -1.26. The molecular formula is C13H17N3S. The summed E-state index contributed by atoms with van der Waals surface area (Å²) >= 11 is 1.75. The molecule has 0 saturated carbocycles. The zero-order chi connectivity index (χ0) is 12.3. The van der Waals surface area contributed by atoms with Crippen LogP contribution in [0.15, 0.2) is 24.4 Å². The highest BCUT2D eigenvalue weighted by Crippen LogP contribution is 2.22. The summed E-state index contributed by atoms with van der Waals surface area (Å²) in [6.45, 7) is 7.09. The molecule has 0 fully saturated rings. The van der Waals surface area contributed by atoms with Crippen LogP contribution in [0.5, 0.6) is 0 Å². The molecule has 0 radical (unpaired) electrons. The van der Waals surface area contributed by atoms with Crippen LogP contribution in [0.2, 0.25) is 0 Å². The van der Waals surface area contributed by atoms with E-state index in [9.17, 15) is 0 Å². The molecule has 4 heteroatoms. The second kappa shape index (κ2) is 5.38. The standard InChI is InChI=1S/C13H17N3S/c1-9(13-10(2)17-11(3)16-13)15-8-12-6-4-5-7-14-12/h4-7,9,15H,8H2,1-3H3. The van der Waals surface area contributed by atoms with Crippen LogP contribution in [0.3, 0.4) is 0 Å². The first-order valence-corrected chi connectivity index (χ1v) is 6.55. The van der Waals surface area contributed by atoms with Gasteiger partial charge in [0.25, 0.3) is 0 Å². The van der Waals surface area contributed by atoms with Crippen LogP contribution < -0.4 is 5.32 Å². The van der Waals surface area contributed by atoms with Crippen molar-refractivity contribution >= 4 is 11.3 Å². The Morgan fingerprint density at radius 2 is 2.18 bits per heavy atom. The average Bonchev–Trinajstić information content (AvgIpc) is 2.67. The number of nitrogens with one attached hydrogen (secondary N) is 1. The molecule has 2 rings (SSSR count). The molecule has 2 heterocycles. The summed E-state index contributed by atoms with van der Waals surface area (Å²) < 4.78 is 0. The van der Waals surface area contributed by atoms with Gasteiger partial charge in [0, 0.05) is 23.7 Å². The van der Waals surface area contributed by atoms with E-state index in [-0.39, 0.29) is 6.04 Å². The second-order valence-electron chi connectivity index (χ2n) is 4.10. The predicted molar refractivity (Wildman–Crippen MR) is 71.1 cm³/mol. The molecular weight excluding hydrogens is 230 g/mol. The molecule has 0 aliphatic carbocycles. The zero-order valence-electron chi connectivity index (χ0n) is 10.4. The van der Waals surface area contributed by atoms with E-state index in [2.05, 4.69) is 29.1 Å². The molecule has 3 nitrogen and oxygen atoms in total. The number of pyridine rings is 1. The summed E-state index contributed by atoms with van der Waals surface area (Å²) in [7, 11) is 0. The van der Waals surface area contributed by atoms with Crippen molar-refractivity contribution in [1.82, 2.24) is 15.3 Å². The second-order valence-corrected chi connectivity index (χ2v) is 5.51. The van der Waals surface area contributed by atoms with Gasteiger partial charge in [-0.1, -0.05) is 6.07 Å². The highest BCUT2D eigenvalue weighted by atomic mass is 32.1. The Bertz CT molecular complexity index is 479. The fraction of sp³-hybridized carbons (Fsp3) is 0.385. The van der Waals surface area contributed by atoms with Crippen molar-refractivity contribution in [1.29, 1.82) is 0 Å². The lowest BCUT2D eigenvalue weighted by Crippen LogP contribution is -2.19. The number of thiazole rings is 1. The molecule has 1 unspecified atom stereocenters. The molecule has 0 aliphatic rings. The number of aromatic nitrogens is 2. The van der Waals surface area contributed by atoms with Crippen LogP contribution in [-0.4, -0.2) is 9.97 Å². The summed E-state index contributed by atoms with van der Waals surface area (Å²) in [5.41, 5.74) is 2.22. The van der Waals surface area contributed by atoms with Gasteiger partial charge in [-0.3, -0.25) is 4.98 Å². The zero-order valence-corrected chi connectivity index (χ0v) is 11.2.